The molecule has 1 aromatic heterocycles. The predicted octanol–water partition coefficient (Wildman–Crippen LogP) is 5.83. The predicted molar refractivity (Wildman–Crippen MR) is 156 cm³/mol. The quantitative estimate of drug-likeness (QED) is 0.253. The van der Waals surface area contributed by atoms with E-state index >= 15 is 0 Å². The molecular weight excluding hydrogens is 621 g/mol. The minimum atomic E-state index is -4.67. The molecule has 1 fully saturated rings. The molecule has 0 spiro atoms. The summed E-state index contributed by atoms with van der Waals surface area (Å²) in [7, 11) is -2.76. The summed E-state index contributed by atoms with van der Waals surface area (Å²) < 4.78 is 72.7. The summed E-state index contributed by atoms with van der Waals surface area (Å²) in [5, 5.41) is 1.98. The van der Waals surface area contributed by atoms with Gasteiger partial charge in [0.2, 0.25) is 0 Å². The number of likely N-dealkylation sites (tertiary alicyclic amines) is 1. The van der Waals surface area contributed by atoms with Gasteiger partial charge in [-0.1, -0.05) is 17.7 Å². The normalized spacial score (nSPS) is 14.3. The molecule has 5 rings (SSSR count). The minimum Gasteiger partial charge on any atom is -0.379 e. The van der Waals surface area contributed by atoms with Crippen LogP contribution in [0.1, 0.15) is 45.2 Å². The van der Waals surface area contributed by atoms with Gasteiger partial charge in [0.1, 0.15) is 10.6 Å². The summed E-state index contributed by atoms with van der Waals surface area (Å²) in [5.74, 6) is -0.850. The molecule has 1 N–H and O–H groups in total. The third-order valence-corrected chi connectivity index (χ3v) is 8.87. The fourth-order valence-electron chi connectivity index (χ4n) is 5.02. The first-order valence-electron chi connectivity index (χ1n) is 13.4. The van der Waals surface area contributed by atoms with Crippen LogP contribution in [-0.2, 0) is 16.3 Å². The molecule has 2 amide bonds. The van der Waals surface area contributed by atoms with Crippen molar-refractivity contribution in [2.24, 2.45) is 0 Å². The lowest BCUT2D eigenvalue weighted by Crippen LogP contribution is -2.39. The van der Waals surface area contributed by atoms with Crippen molar-refractivity contribution in [2.45, 2.75) is 30.0 Å². The Labute approximate surface area is 256 Å². The van der Waals surface area contributed by atoms with Gasteiger partial charge in [0, 0.05) is 42.9 Å². The molecule has 0 saturated carbocycles. The molecule has 0 atom stereocenters. The number of aromatic nitrogens is 2. The summed E-state index contributed by atoms with van der Waals surface area (Å²) in [5.41, 5.74) is 0.555. The molecule has 3 aromatic carbocycles. The molecule has 44 heavy (non-hydrogen) atoms. The standard InChI is InChI=1S/C30H26ClF3N4O5S/c1-35-28(39)20-3-2-4-24(15-20)44(41,42)43-23-8-5-19(6-9-23)27-17-36-18-38(27)22-11-13-37(14-12-22)29(40)21-7-10-26(31)25(16-21)30(32,33)34/h2-10,15-18,22H,11-14H2,1H3,(H,35,39). The van der Waals surface area contributed by atoms with Crippen molar-refractivity contribution in [1.82, 2.24) is 19.8 Å². The average Bonchev–Trinajstić information content (AvgIpc) is 3.50. The van der Waals surface area contributed by atoms with Crippen LogP contribution in [0.5, 0.6) is 5.75 Å². The molecule has 4 aromatic rings. The Morgan fingerprint density at radius 3 is 2.36 bits per heavy atom. The van der Waals surface area contributed by atoms with Gasteiger partial charge in [-0.2, -0.15) is 21.6 Å². The second-order valence-electron chi connectivity index (χ2n) is 10.1. The molecule has 0 radical (unpaired) electrons. The lowest BCUT2D eigenvalue weighted by Gasteiger charge is -2.33. The number of benzene rings is 3. The molecule has 230 valence electrons. The Balaban J connectivity index is 1.25. The van der Waals surface area contributed by atoms with E-state index in [2.05, 4.69) is 10.3 Å². The van der Waals surface area contributed by atoms with Crippen LogP contribution in [-0.4, -0.2) is 54.8 Å². The third-order valence-electron chi connectivity index (χ3n) is 7.30. The highest BCUT2D eigenvalue weighted by atomic mass is 35.5. The zero-order valence-electron chi connectivity index (χ0n) is 23.2. The number of alkyl halides is 3. The van der Waals surface area contributed by atoms with E-state index in [1.807, 2.05) is 4.57 Å². The molecule has 1 aliphatic rings. The molecular formula is C30H26ClF3N4O5S. The number of hydrogen-bond acceptors (Lipinski definition) is 6. The summed E-state index contributed by atoms with van der Waals surface area (Å²) in [4.78, 5) is 30.5. The van der Waals surface area contributed by atoms with Crippen molar-refractivity contribution in [1.29, 1.82) is 0 Å². The number of carbonyl (C=O) groups is 2. The van der Waals surface area contributed by atoms with E-state index in [0.717, 1.165) is 23.4 Å². The van der Waals surface area contributed by atoms with E-state index in [-0.39, 0.29) is 27.8 Å². The number of halogens is 4. The van der Waals surface area contributed by atoms with Gasteiger partial charge in [-0.05, 0) is 73.5 Å². The van der Waals surface area contributed by atoms with E-state index in [4.69, 9.17) is 15.8 Å². The summed E-state index contributed by atoms with van der Waals surface area (Å²) in [6.45, 7) is 0.660. The number of imidazole rings is 1. The minimum absolute atomic E-state index is 0.0311. The van der Waals surface area contributed by atoms with Gasteiger partial charge in [0.25, 0.3) is 11.8 Å². The van der Waals surface area contributed by atoms with Crippen LogP contribution in [0.25, 0.3) is 11.3 Å². The van der Waals surface area contributed by atoms with Crippen molar-refractivity contribution < 1.29 is 35.4 Å². The molecule has 0 aliphatic carbocycles. The van der Waals surface area contributed by atoms with Crippen molar-refractivity contribution in [3.8, 4) is 17.0 Å². The topological polar surface area (TPSA) is 111 Å². The Morgan fingerprint density at radius 1 is 1.00 bits per heavy atom. The van der Waals surface area contributed by atoms with E-state index < -0.39 is 38.7 Å². The van der Waals surface area contributed by atoms with Crippen molar-refractivity contribution in [3.05, 3.63) is 101 Å². The van der Waals surface area contributed by atoms with Gasteiger partial charge in [-0.15, -0.1) is 0 Å². The van der Waals surface area contributed by atoms with Crippen LogP contribution < -0.4 is 9.50 Å². The summed E-state index contributed by atoms with van der Waals surface area (Å²) >= 11 is 5.69. The van der Waals surface area contributed by atoms with Crippen LogP contribution in [0.4, 0.5) is 13.2 Å². The average molecular weight is 647 g/mol. The van der Waals surface area contributed by atoms with Crippen LogP contribution in [0, 0.1) is 0 Å². The second-order valence-corrected chi connectivity index (χ2v) is 12.0. The smallest absolute Gasteiger partial charge is 0.379 e. The van der Waals surface area contributed by atoms with Crippen molar-refractivity contribution >= 4 is 33.5 Å². The van der Waals surface area contributed by atoms with Gasteiger partial charge in [0.05, 0.1) is 28.8 Å². The van der Waals surface area contributed by atoms with Crippen molar-refractivity contribution in [3.63, 3.8) is 0 Å². The number of rotatable bonds is 7. The number of piperidine rings is 1. The highest BCUT2D eigenvalue weighted by Crippen LogP contribution is 2.36. The summed E-state index contributed by atoms with van der Waals surface area (Å²) in [6.07, 6.45) is -0.245. The maximum Gasteiger partial charge on any atom is 0.417 e. The zero-order valence-corrected chi connectivity index (χ0v) is 24.8. The Morgan fingerprint density at radius 2 is 1.70 bits per heavy atom. The third kappa shape index (κ3) is 6.58. The maximum atomic E-state index is 13.3. The van der Waals surface area contributed by atoms with Gasteiger partial charge in [-0.25, -0.2) is 4.98 Å². The molecule has 9 nitrogen and oxygen atoms in total. The van der Waals surface area contributed by atoms with Crippen LogP contribution >= 0.6 is 11.6 Å². The van der Waals surface area contributed by atoms with Gasteiger partial charge < -0.3 is 19.0 Å². The van der Waals surface area contributed by atoms with E-state index in [1.54, 1.807) is 24.7 Å². The van der Waals surface area contributed by atoms with Crippen LogP contribution in [0.3, 0.4) is 0 Å². The number of nitrogens with one attached hydrogen (secondary N) is 1. The molecule has 0 unspecified atom stereocenters. The largest absolute Gasteiger partial charge is 0.417 e. The highest BCUT2D eigenvalue weighted by Gasteiger charge is 2.35. The fourth-order valence-corrected chi connectivity index (χ4v) is 6.22. The number of carbonyl (C=O) groups excluding carboxylic acids is 2. The lowest BCUT2D eigenvalue weighted by molar-refractivity contribution is -0.137. The number of amides is 2. The van der Waals surface area contributed by atoms with Crippen LogP contribution in [0.15, 0.2) is 84.1 Å². The first kappa shape index (κ1) is 31.1. The molecule has 0 bridgehead atoms. The Bertz CT molecular complexity index is 1800. The molecule has 1 aliphatic heterocycles. The number of hydrogen-bond donors (Lipinski definition) is 1. The van der Waals surface area contributed by atoms with E-state index in [1.165, 1.54) is 54.4 Å². The van der Waals surface area contributed by atoms with E-state index in [0.29, 0.717) is 25.9 Å². The summed E-state index contributed by atoms with van der Waals surface area (Å²) in [6, 6.07) is 15.0. The van der Waals surface area contributed by atoms with E-state index in [9.17, 15) is 31.2 Å². The monoisotopic (exact) mass is 646 g/mol. The first-order chi connectivity index (χ1) is 20.9. The molecule has 14 heteroatoms. The van der Waals surface area contributed by atoms with Gasteiger partial charge >= 0.3 is 16.3 Å². The molecule has 2 heterocycles. The van der Waals surface area contributed by atoms with Gasteiger partial charge in [-0.3, -0.25) is 9.59 Å². The Hall–Kier alpha value is -4.36. The Kier molecular flexibility index (Phi) is 8.71. The van der Waals surface area contributed by atoms with Crippen molar-refractivity contribution in [2.75, 3.05) is 20.1 Å². The SMILES string of the molecule is CNC(=O)c1cccc(S(=O)(=O)Oc2ccc(-c3cncn3C3CCN(C(=O)c4ccc(Cl)c(C(F)(F)F)c4)CC3)cc2)c1. The number of nitrogens with zero attached hydrogens (tertiary/aromatic N) is 3. The fraction of sp³-hybridized carbons (Fsp3) is 0.233. The second kappa shape index (κ2) is 12.3. The first-order valence-corrected chi connectivity index (χ1v) is 15.2. The highest BCUT2D eigenvalue weighted by molar-refractivity contribution is 7.87. The lowest BCUT2D eigenvalue weighted by atomic mass is 10.0. The zero-order chi connectivity index (χ0) is 31.6. The van der Waals surface area contributed by atoms with Crippen LogP contribution in [0.2, 0.25) is 5.02 Å². The van der Waals surface area contributed by atoms with Gasteiger partial charge in [0.15, 0.2) is 0 Å². The maximum absolute atomic E-state index is 13.3. The molecule has 1 saturated heterocycles.